The third kappa shape index (κ3) is 3.27. The fourth-order valence-corrected chi connectivity index (χ4v) is 3.74. The van der Waals surface area contributed by atoms with Crippen LogP contribution in [0.25, 0.3) is 0 Å². The van der Waals surface area contributed by atoms with Gasteiger partial charge < -0.3 is 5.32 Å². The summed E-state index contributed by atoms with van der Waals surface area (Å²) in [4.78, 5) is 2.86. The van der Waals surface area contributed by atoms with Crippen LogP contribution in [0.3, 0.4) is 0 Å². The molecule has 1 N–H and O–H groups in total. The second-order valence-corrected chi connectivity index (χ2v) is 7.38. The van der Waals surface area contributed by atoms with Crippen LogP contribution in [-0.4, -0.2) is 36.1 Å². The van der Waals surface area contributed by atoms with Gasteiger partial charge in [-0.05, 0) is 24.7 Å². The van der Waals surface area contributed by atoms with Crippen molar-refractivity contribution in [1.82, 2.24) is 10.2 Å². The Bertz CT molecular complexity index is 250. The van der Waals surface area contributed by atoms with Crippen LogP contribution < -0.4 is 5.32 Å². The van der Waals surface area contributed by atoms with Gasteiger partial charge >= 0.3 is 0 Å². The van der Waals surface area contributed by atoms with Crippen LogP contribution >= 0.6 is 0 Å². The highest BCUT2D eigenvalue weighted by atomic mass is 15.3. The van der Waals surface area contributed by atoms with Gasteiger partial charge in [0.25, 0.3) is 0 Å². The van der Waals surface area contributed by atoms with Crippen LogP contribution in [0.4, 0.5) is 0 Å². The molecule has 2 fully saturated rings. The molecule has 106 valence electrons. The normalized spacial score (nSPS) is 32.7. The maximum atomic E-state index is 3.75. The first-order chi connectivity index (χ1) is 8.52. The van der Waals surface area contributed by atoms with Crippen molar-refractivity contribution in [1.29, 1.82) is 0 Å². The smallest absolute Gasteiger partial charge is 0.0272 e. The topological polar surface area (TPSA) is 15.3 Å². The molecule has 1 saturated heterocycles. The standard InChI is InChI=1S/C16H32N2/c1-5-13-12-18(14-9-7-6-8-10-14)15(11-17-13)16(2,3)4/h13-15,17H,5-12H2,1-4H3. The lowest BCUT2D eigenvalue weighted by Gasteiger charge is -2.50. The largest absolute Gasteiger partial charge is 0.311 e. The predicted molar refractivity (Wildman–Crippen MR) is 78.9 cm³/mol. The van der Waals surface area contributed by atoms with Crippen LogP contribution in [0.15, 0.2) is 0 Å². The Balaban J connectivity index is 2.08. The quantitative estimate of drug-likeness (QED) is 0.810. The molecule has 0 aromatic carbocycles. The highest BCUT2D eigenvalue weighted by Gasteiger charge is 2.38. The summed E-state index contributed by atoms with van der Waals surface area (Å²) in [6, 6.07) is 2.29. The number of hydrogen-bond donors (Lipinski definition) is 1. The van der Waals surface area contributed by atoms with E-state index in [2.05, 4.69) is 37.9 Å². The fraction of sp³-hybridized carbons (Fsp3) is 1.00. The van der Waals surface area contributed by atoms with E-state index in [-0.39, 0.29) is 0 Å². The summed E-state index contributed by atoms with van der Waals surface area (Å²) in [5.74, 6) is 0. The van der Waals surface area contributed by atoms with E-state index in [1.165, 1.54) is 51.6 Å². The molecular weight excluding hydrogens is 220 g/mol. The molecule has 0 aromatic rings. The van der Waals surface area contributed by atoms with E-state index in [9.17, 15) is 0 Å². The zero-order valence-electron chi connectivity index (χ0n) is 12.8. The molecule has 2 rings (SSSR count). The van der Waals surface area contributed by atoms with Crippen molar-refractivity contribution in [3.63, 3.8) is 0 Å². The minimum absolute atomic E-state index is 0.392. The third-order valence-electron chi connectivity index (χ3n) is 4.97. The first-order valence-corrected chi connectivity index (χ1v) is 8.01. The summed E-state index contributed by atoms with van der Waals surface area (Å²) in [5.41, 5.74) is 0.392. The SMILES string of the molecule is CCC1CN(C2CCCCC2)C(C(C)(C)C)CN1. The molecule has 2 nitrogen and oxygen atoms in total. The Morgan fingerprint density at radius 2 is 1.78 bits per heavy atom. The van der Waals surface area contributed by atoms with Crippen LogP contribution in [0.2, 0.25) is 0 Å². The molecule has 2 unspecified atom stereocenters. The van der Waals surface area contributed by atoms with Gasteiger partial charge in [-0.2, -0.15) is 0 Å². The van der Waals surface area contributed by atoms with E-state index in [0.717, 1.165) is 6.04 Å². The van der Waals surface area contributed by atoms with E-state index < -0.39 is 0 Å². The summed E-state index contributed by atoms with van der Waals surface area (Å²) in [5, 5.41) is 3.75. The van der Waals surface area contributed by atoms with Gasteiger partial charge in [0.05, 0.1) is 0 Å². The summed E-state index contributed by atoms with van der Waals surface area (Å²) >= 11 is 0. The predicted octanol–water partition coefficient (Wildman–Crippen LogP) is 3.42. The molecule has 1 heterocycles. The Kier molecular flexibility index (Phi) is 4.71. The molecule has 1 aliphatic heterocycles. The second kappa shape index (κ2) is 5.92. The first-order valence-electron chi connectivity index (χ1n) is 8.01. The fourth-order valence-electron chi connectivity index (χ4n) is 3.74. The van der Waals surface area contributed by atoms with E-state index >= 15 is 0 Å². The lowest BCUT2D eigenvalue weighted by Crippen LogP contribution is -2.63. The van der Waals surface area contributed by atoms with E-state index in [0.29, 0.717) is 17.5 Å². The Morgan fingerprint density at radius 3 is 2.33 bits per heavy atom. The van der Waals surface area contributed by atoms with Crippen molar-refractivity contribution in [2.24, 2.45) is 5.41 Å². The monoisotopic (exact) mass is 252 g/mol. The molecule has 2 heteroatoms. The molecule has 2 aliphatic rings. The maximum Gasteiger partial charge on any atom is 0.0272 e. The Morgan fingerprint density at radius 1 is 1.11 bits per heavy atom. The van der Waals surface area contributed by atoms with Gasteiger partial charge in [-0.15, -0.1) is 0 Å². The second-order valence-electron chi connectivity index (χ2n) is 7.38. The van der Waals surface area contributed by atoms with Gasteiger partial charge in [0.1, 0.15) is 0 Å². The molecule has 2 atom stereocenters. The third-order valence-corrected chi connectivity index (χ3v) is 4.97. The molecule has 0 spiro atoms. The number of rotatable bonds is 2. The molecule has 0 aromatic heterocycles. The summed E-state index contributed by atoms with van der Waals surface area (Å²) in [6.45, 7) is 12.0. The molecule has 1 aliphatic carbocycles. The molecular formula is C16H32N2. The van der Waals surface area contributed by atoms with Crippen LogP contribution in [0, 0.1) is 5.41 Å². The van der Waals surface area contributed by atoms with Gasteiger partial charge in [-0.25, -0.2) is 0 Å². The van der Waals surface area contributed by atoms with Gasteiger partial charge in [-0.1, -0.05) is 47.0 Å². The number of hydrogen-bond acceptors (Lipinski definition) is 2. The van der Waals surface area contributed by atoms with Gasteiger partial charge in [0.2, 0.25) is 0 Å². The summed E-state index contributed by atoms with van der Waals surface area (Å²) in [6.07, 6.45) is 8.48. The molecule has 0 bridgehead atoms. The van der Waals surface area contributed by atoms with E-state index in [1.54, 1.807) is 0 Å². The molecule has 0 amide bonds. The molecule has 0 radical (unpaired) electrons. The van der Waals surface area contributed by atoms with E-state index in [4.69, 9.17) is 0 Å². The van der Waals surface area contributed by atoms with Crippen molar-refractivity contribution in [3.8, 4) is 0 Å². The zero-order valence-corrected chi connectivity index (χ0v) is 12.8. The average Bonchev–Trinajstić information content (AvgIpc) is 2.38. The lowest BCUT2D eigenvalue weighted by molar-refractivity contribution is 0.00736. The number of nitrogens with one attached hydrogen (secondary N) is 1. The number of nitrogens with zero attached hydrogens (tertiary/aromatic N) is 1. The zero-order chi connectivity index (χ0) is 13.2. The van der Waals surface area contributed by atoms with Crippen molar-refractivity contribution >= 4 is 0 Å². The van der Waals surface area contributed by atoms with Crippen molar-refractivity contribution < 1.29 is 0 Å². The van der Waals surface area contributed by atoms with Crippen molar-refractivity contribution in [3.05, 3.63) is 0 Å². The minimum atomic E-state index is 0.392. The summed E-state index contributed by atoms with van der Waals surface area (Å²) < 4.78 is 0. The number of piperazine rings is 1. The Hall–Kier alpha value is -0.0800. The minimum Gasteiger partial charge on any atom is -0.311 e. The van der Waals surface area contributed by atoms with Crippen molar-refractivity contribution in [2.45, 2.75) is 84.3 Å². The van der Waals surface area contributed by atoms with Crippen molar-refractivity contribution in [2.75, 3.05) is 13.1 Å². The van der Waals surface area contributed by atoms with Gasteiger partial charge in [0.15, 0.2) is 0 Å². The first kappa shape index (κ1) is 14.3. The highest BCUT2D eigenvalue weighted by molar-refractivity contribution is 4.95. The molecule has 18 heavy (non-hydrogen) atoms. The van der Waals surface area contributed by atoms with Crippen LogP contribution in [0.1, 0.15) is 66.2 Å². The molecule has 1 saturated carbocycles. The average molecular weight is 252 g/mol. The maximum absolute atomic E-state index is 3.75. The van der Waals surface area contributed by atoms with Gasteiger partial charge in [0, 0.05) is 31.2 Å². The van der Waals surface area contributed by atoms with Gasteiger partial charge in [-0.3, -0.25) is 4.90 Å². The Labute approximate surface area is 114 Å². The van der Waals surface area contributed by atoms with Crippen LogP contribution in [0.5, 0.6) is 0 Å². The van der Waals surface area contributed by atoms with E-state index in [1.807, 2.05) is 0 Å². The summed E-state index contributed by atoms with van der Waals surface area (Å²) in [7, 11) is 0. The lowest BCUT2D eigenvalue weighted by atomic mass is 9.81. The highest BCUT2D eigenvalue weighted by Crippen LogP contribution is 2.32. The van der Waals surface area contributed by atoms with Crippen LogP contribution in [-0.2, 0) is 0 Å².